The van der Waals surface area contributed by atoms with Gasteiger partial charge in [-0.25, -0.2) is 4.99 Å². The minimum absolute atomic E-state index is 0.308. The van der Waals surface area contributed by atoms with E-state index in [1.807, 2.05) is 6.92 Å². The molecular weight excluding hydrogens is 226 g/mol. The van der Waals surface area contributed by atoms with E-state index in [2.05, 4.69) is 22.2 Å². The van der Waals surface area contributed by atoms with Crippen LogP contribution in [0, 0.1) is 0 Å². The highest BCUT2D eigenvalue weighted by Gasteiger charge is 2.15. The minimum atomic E-state index is 0.308. The molecule has 0 saturated carbocycles. The van der Waals surface area contributed by atoms with Crippen LogP contribution in [-0.2, 0) is 4.74 Å². The fraction of sp³-hybridized carbons (Fsp3) is 0.727. The number of aliphatic imine (C=N–C) groups is 1. The van der Waals surface area contributed by atoms with E-state index in [0.29, 0.717) is 17.7 Å². The van der Waals surface area contributed by atoms with Gasteiger partial charge in [0.2, 0.25) is 0 Å². The normalized spacial score (nSPS) is 20.9. The maximum Gasteiger partial charge on any atom is 0.191 e. The fourth-order valence-corrected chi connectivity index (χ4v) is 1.58. The zero-order chi connectivity index (χ0) is 11.8. The number of nitrogens with one attached hydrogen (secondary N) is 2. The van der Waals surface area contributed by atoms with Crippen molar-refractivity contribution in [3.05, 3.63) is 11.6 Å². The summed E-state index contributed by atoms with van der Waals surface area (Å²) in [5.74, 6) is 0.764. The maximum absolute atomic E-state index is 5.67. The molecule has 0 radical (unpaired) electrons. The van der Waals surface area contributed by atoms with E-state index < -0.39 is 0 Å². The number of hydrogen-bond donors (Lipinski definition) is 2. The Balaban J connectivity index is 2.31. The van der Waals surface area contributed by atoms with Gasteiger partial charge in [0.05, 0.1) is 12.6 Å². The van der Waals surface area contributed by atoms with Crippen LogP contribution in [-0.4, -0.2) is 38.3 Å². The van der Waals surface area contributed by atoms with Gasteiger partial charge in [0, 0.05) is 24.7 Å². The predicted octanol–water partition coefficient (Wildman–Crippen LogP) is 1.47. The third-order valence-corrected chi connectivity index (χ3v) is 2.39. The first-order valence-electron chi connectivity index (χ1n) is 5.69. The molecule has 1 aliphatic heterocycles. The molecule has 0 spiro atoms. The van der Waals surface area contributed by atoms with Crippen LogP contribution in [0.15, 0.2) is 16.6 Å². The van der Waals surface area contributed by atoms with E-state index in [-0.39, 0.29) is 0 Å². The molecule has 16 heavy (non-hydrogen) atoms. The van der Waals surface area contributed by atoms with Crippen molar-refractivity contribution in [2.24, 2.45) is 4.99 Å². The number of halogens is 1. The van der Waals surface area contributed by atoms with E-state index >= 15 is 0 Å². The standard InChI is InChI=1S/C11H20ClN3O/c1-3-13-11(14-7-9(2)12)15-8-10-5-4-6-16-10/h10H,2-8H2,1H3,(H2,13,14,15). The minimum Gasteiger partial charge on any atom is -0.376 e. The second-order valence-corrected chi connectivity index (χ2v) is 4.26. The third kappa shape index (κ3) is 5.37. The molecule has 1 fully saturated rings. The molecule has 2 N–H and O–H groups in total. The summed E-state index contributed by atoms with van der Waals surface area (Å²) in [6.45, 7) is 8.55. The summed E-state index contributed by atoms with van der Waals surface area (Å²) < 4.78 is 5.52. The van der Waals surface area contributed by atoms with Gasteiger partial charge >= 0.3 is 0 Å². The number of hydrogen-bond acceptors (Lipinski definition) is 2. The molecule has 1 rings (SSSR count). The highest BCUT2D eigenvalue weighted by atomic mass is 35.5. The lowest BCUT2D eigenvalue weighted by molar-refractivity contribution is 0.114. The van der Waals surface area contributed by atoms with Gasteiger partial charge in [0.1, 0.15) is 0 Å². The zero-order valence-corrected chi connectivity index (χ0v) is 10.5. The third-order valence-electron chi connectivity index (χ3n) is 2.27. The van der Waals surface area contributed by atoms with Crippen molar-refractivity contribution in [3.63, 3.8) is 0 Å². The summed E-state index contributed by atoms with van der Waals surface area (Å²) in [7, 11) is 0. The van der Waals surface area contributed by atoms with Crippen molar-refractivity contribution >= 4 is 17.6 Å². The highest BCUT2D eigenvalue weighted by molar-refractivity contribution is 6.29. The molecule has 92 valence electrons. The van der Waals surface area contributed by atoms with Crippen molar-refractivity contribution in [3.8, 4) is 0 Å². The largest absolute Gasteiger partial charge is 0.376 e. The van der Waals surface area contributed by atoms with Crippen LogP contribution in [0.1, 0.15) is 19.8 Å². The maximum atomic E-state index is 5.67. The van der Waals surface area contributed by atoms with Gasteiger partial charge in [-0.1, -0.05) is 18.2 Å². The zero-order valence-electron chi connectivity index (χ0n) is 9.76. The van der Waals surface area contributed by atoms with Gasteiger partial charge in [-0.15, -0.1) is 0 Å². The Morgan fingerprint density at radius 2 is 2.38 bits per heavy atom. The van der Waals surface area contributed by atoms with E-state index in [1.165, 1.54) is 0 Å². The molecule has 0 aliphatic carbocycles. The molecule has 4 nitrogen and oxygen atoms in total. The van der Waals surface area contributed by atoms with Gasteiger partial charge in [-0.2, -0.15) is 0 Å². The molecule has 0 aromatic rings. The topological polar surface area (TPSA) is 45.7 Å². The van der Waals surface area contributed by atoms with Crippen LogP contribution in [0.2, 0.25) is 0 Å². The van der Waals surface area contributed by atoms with E-state index in [1.54, 1.807) is 0 Å². The number of rotatable bonds is 5. The van der Waals surface area contributed by atoms with Gasteiger partial charge in [0.15, 0.2) is 5.96 Å². The monoisotopic (exact) mass is 245 g/mol. The first-order valence-corrected chi connectivity index (χ1v) is 6.07. The van der Waals surface area contributed by atoms with Crippen LogP contribution in [0.25, 0.3) is 0 Å². The summed E-state index contributed by atoms with van der Waals surface area (Å²) in [5.41, 5.74) is 0. The smallest absolute Gasteiger partial charge is 0.191 e. The van der Waals surface area contributed by atoms with E-state index in [4.69, 9.17) is 16.3 Å². The summed E-state index contributed by atoms with van der Waals surface area (Å²) in [5, 5.41) is 6.91. The van der Waals surface area contributed by atoms with Crippen molar-refractivity contribution in [1.82, 2.24) is 10.6 Å². The average molecular weight is 246 g/mol. The fourth-order valence-electron chi connectivity index (χ4n) is 1.52. The lowest BCUT2D eigenvalue weighted by Crippen LogP contribution is -2.41. The van der Waals surface area contributed by atoms with Crippen LogP contribution in [0.5, 0.6) is 0 Å². The quantitative estimate of drug-likeness (QED) is 0.570. The van der Waals surface area contributed by atoms with Gasteiger partial charge < -0.3 is 15.4 Å². The Bertz CT molecular complexity index is 250. The molecule has 1 heterocycles. The number of guanidine groups is 1. The van der Waals surface area contributed by atoms with Gasteiger partial charge in [-0.05, 0) is 19.8 Å². The van der Waals surface area contributed by atoms with Crippen molar-refractivity contribution in [1.29, 1.82) is 0 Å². The molecule has 1 atom stereocenters. The van der Waals surface area contributed by atoms with Gasteiger partial charge in [0.25, 0.3) is 0 Å². The van der Waals surface area contributed by atoms with Crippen LogP contribution < -0.4 is 10.6 Å². The predicted molar refractivity (Wildman–Crippen MR) is 67.9 cm³/mol. The Kier molecular flexibility index (Phi) is 6.26. The molecule has 0 aromatic heterocycles. The first kappa shape index (κ1) is 13.3. The first-order chi connectivity index (χ1) is 7.72. The van der Waals surface area contributed by atoms with E-state index in [9.17, 15) is 0 Å². The molecular formula is C11H20ClN3O. The van der Waals surface area contributed by atoms with Crippen molar-refractivity contribution in [2.45, 2.75) is 25.9 Å². The van der Waals surface area contributed by atoms with Crippen LogP contribution in [0.3, 0.4) is 0 Å². The molecule has 1 aliphatic rings. The Morgan fingerprint density at radius 1 is 1.56 bits per heavy atom. The molecule has 1 saturated heterocycles. The Hall–Kier alpha value is -0.740. The summed E-state index contributed by atoms with van der Waals surface area (Å²) >= 11 is 5.67. The van der Waals surface area contributed by atoms with Crippen molar-refractivity contribution in [2.75, 3.05) is 26.2 Å². The molecule has 0 bridgehead atoms. The second-order valence-electron chi connectivity index (χ2n) is 3.73. The Morgan fingerprint density at radius 3 is 2.94 bits per heavy atom. The van der Waals surface area contributed by atoms with E-state index in [0.717, 1.165) is 38.5 Å². The Labute approximate surface area is 102 Å². The van der Waals surface area contributed by atoms with Gasteiger partial charge in [-0.3, -0.25) is 0 Å². The lowest BCUT2D eigenvalue weighted by atomic mass is 10.2. The summed E-state index contributed by atoms with van der Waals surface area (Å²) in [4.78, 5) is 4.28. The highest BCUT2D eigenvalue weighted by Crippen LogP contribution is 2.10. The average Bonchev–Trinajstić information content (AvgIpc) is 2.75. The summed E-state index contributed by atoms with van der Waals surface area (Å²) in [6, 6.07) is 0. The molecule has 1 unspecified atom stereocenters. The lowest BCUT2D eigenvalue weighted by Gasteiger charge is -2.14. The molecule has 0 amide bonds. The van der Waals surface area contributed by atoms with Crippen molar-refractivity contribution < 1.29 is 4.74 Å². The SMILES string of the molecule is C=C(Cl)CN=C(NCC)NCC1CCCO1. The number of ether oxygens (including phenoxy) is 1. The second kappa shape index (κ2) is 7.52. The number of nitrogens with zero attached hydrogens (tertiary/aromatic N) is 1. The van der Waals surface area contributed by atoms with Crippen LogP contribution >= 0.6 is 11.6 Å². The molecule has 0 aromatic carbocycles. The summed E-state index contributed by atoms with van der Waals surface area (Å²) in [6.07, 6.45) is 2.58. The molecule has 5 heteroatoms. The van der Waals surface area contributed by atoms with Crippen LogP contribution in [0.4, 0.5) is 0 Å².